The van der Waals surface area contributed by atoms with E-state index in [4.69, 9.17) is 5.11 Å². The second-order valence-corrected chi connectivity index (χ2v) is 4.90. The van der Waals surface area contributed by atoms with Crippen molar-refractivity contribution in [3.05, 3.63) is 34.1 Å². The first-order chi connectivity index (χ1) is 7.50. The van der Waals surface area contributed by atoms with E-state index in [-0.39, 0.29) is 18.0 Å². The fourth-order valence-corrected chi connectivity index (χ4v) is 1.80. The lowest BCUT2D eigenvalue weighted by Gasteiger charge is -2.15. The van der Waals surface area contributed by atoms with Crippen LogP contribution in [0.4, 0.5) is 4.39 Å². The fourth-order valence-electron chi connectivity index (χ4n) is 1.47. The second kappa shape index (κ2) is 6.33. The van der Waals surface area contributed by atoms with Gasteiger partial charge in [-0.3, -0.25) is 0 Å². The Hall–Kier alpha value is -0.450. The monoisotopic (exact) mass is 289 g/mol. The Balaban J connectivity index is 2.55. The first-order valence-electron chi connectivity index (χ1n) is 5.37. The molecule has 0 aromatic heterocycles. The van der Waals surface area contributed by atoms with Gasteiger partial charge >= 0.3 is 0 Å². The maximum absolute atomic E-state index is 13.6. The molecule has 90 valence electrons. The number of benzene rings is 1. The maximum atomic E-state index is 13.6. The molecule has 2 unspecified atom stereocenters. The standard InChI is InChI=1S/C12H17BrFNO/c1-8(16)5-6-15-9(2)11-4-3-10(13)7-12(11)14/h3-4,7-9,15-16H,5-6H2,1-2H3. The third-order valence-electron chi connectivity index (χ3n) is 2.44. The van der Waals surface area contributed by atoms with Crippen LogP contribution in [0.3, 0.4) is 0 Å². The Morgan fingerprint density at radius 3 is 2.69 bits per heavy atom. The molecular weight excluding hydrogens is 273 g/mol. The van der Waals surface area contributed by atoms with Gasteiger partial charge in [-0.2, -0.15) is 0 Å². The minimum atomic E-state index is -0.325. The zero-order valence-corrected chi connectivity index (χ0v) is 11.1. The number of rotatable bonds is 5. The van der Waals surface area contributed by atoms with Crippen LogP contribution < -0.4 is 5.32 Å². The van der Waals surface area contributed by atoms with Crippen molar-refractivity contribution in [1.82, 2.24) is 5.32 Å². The zero-order chi connectivity index (χ0) is 12.1. The summed E-state index contributed by atoms with van der Waals surface area (Å²) in [6.07, 6.45) is 0.345. The Morgan fingerprint density at radius 1 is 1.44 bits per heavy atom. The van der Waals surface area contributed by atoms with Gasteiger partial charge in [0.1, 0.15) is 5.82 Å². The van der Waals surface area contributed by atoms with Crippen molar-refractivity contribution < 1.29 is 9.50 Å². The normalized spacial score (nSPS) is 14.8. The molecule has 0 aliphatic rings. The van der Waals surface area contributed by atoms with Crippen LogP contribution in [-0.2, 0) is 0 Å². The van der Waals surface area contributed by atoms with Gasteiger partial charge in [0.15, 0.2) is 0 Å². The van der Waals surface area contributed by atoms with E-state index in [0.717, 1.165) is 4.47 Å². The number of nitrogens with one attached hydrogen (secondary N) is 1. The molecule has 0 aliphatic heterocycles. The van der Waals surface area contributed by atoms with Gasteiger partial charge in [0.2, 0.25) is 0 Å². The van der Waals surface area contributed by atoms with E-state index >= 15 is 0 Å². The summed E-state index contributed by atoms with van der Waals surface area (Å²) >= 11 is 3.22. The van der Waals surface area contributed by atoms with E-state index in [9.17, 15) is 4.39 Å². The van der Waals surface area contributed by atoms with Crippen molar-refractivity contribution in [1.29, 1.82) is 0 Å². The van der Waals surface area contributed by atoms with Crippen molar-refractivity contribution in [3.63, 3.8) is 0 Å². The number of hydrogen-bond donors (Lipinski definition) is 2. The first kappa shape index (κ1) is 13.6. The minimum Gasteiger partial charge on any atom is -0.393 e. The molecule has 1 aromatic carbocycles. The molecule has 0 heterocycles. The van der Waals surface area contributed by atoms with Crippen molar-refractivity contribution in [3.8, 4) is 0 Å². The smallest absolute Gasteiger partial charge is 0.129 e. The van der Waals surface area contributed by atoms with E-state index < -0.39 is 0 Å². The summed E-state index contributed by atoms with van der Waals surface area (Å²) in [6, 6.07) is 5.00. The van der Waals surface area contributed by atoms with Crippen molar-refractivity contribution >= 4 is 15.9 Å². The molecule has 0 radical (unpaired) electrons. The highest BCUT2D eigenvalue weighted by Crippen LogP contribution is 2.20. The molecule has 0 amide bonds. The molecule has 0 bridgehead atoms. The van der Waals surface area contributed by atoms with E-state index in [1.165, 1.54) is 6.07 Å². The van der Waals surface area contributed by atoms with Gasteiger partial charge in [0.05, 0.1) is 6.10 Å². The summed E-state index contributed by atoms with van der Waals surface area (Å²) in [7, 11) is 0. The topological polar surface area (TPSA) is 32.3 Å². The van der Waals surface area contributed by atoms with Gasteiger partial charge < -0.3 is 10.4 Å². The van der Waals surface area contributed by atoms with Crippen LogP contribution in [0.25, 0.3) is 0 Å². The summed E-state index contributed by atoms with van der Waals surface area (Å²) in [4.78, 5) is 0. The molecule has 0 spiro atoms. The molecule has 0 saturated heterocycles. The molecule has 16 heavy (non-hydrogen) atoms. The summed E-state index contributed by atoms with van der Waals surface area (Å²) in [5, 5.41) is 12.3. The van der Waals surface area contributed by atoms with Crippen LogP contribution in [0.15, 0.2) is 22.7 Å². The van der Waals surface area contributed by atoms with Crippen molar-refractivity contribution in [2.24, 2.45) is 0 Å². The average molecular weight is 290 g/mol. The molecule has 1 rings (SSSR count). The Bertz CT molecular complexity index is 344. The summed E-state index contributed by atoms with van der Waals surface area (Å²) in [5.74, 6) is -0.216. The Kier molecular flexibility index (Phi) is 5.38. The number of aliphatic hydroxyl groups excluding tert-OH is 1. The summed E-state index contributed by atoms with van der Waals surface area (Å²) in [5.41, 5.74) is 0.647. The number of hydrogen-bond acceptors (Lipinski definition) is 2. The van der Waals surface area contributed by atoms with Crippen LogP contribution in [-0.4, -0.2) is 17.8 Å². The van der Waals surface area contributed by atoms with Gasteiger partial charge in [-0.15, -0.1) is 0 Å². The SMILES string of the molecule is CC(O)CCNC(C)c1ccc(Br)cc1F. The van der Waals surface area contributed by atoms with E-state index in [0.29, 0.717) is 18.5 Å². The van der Waals surface area contributed by atoms with Crippen LogP contribution in [0.2, 0.25) is 0 Å². The molecule has 0 saturated carbocycles. The lowest BCUT2D eigenvalue weighted by molar-refractivity contribution is 0.182. The first-order valence-corrected chi connectivity index (χ1v) is 6.16. The van der Waals surface area contributed by atoms with Crippen LogP contribution in [0.5, 0.6) is 0 Å². The second-order valence-electron chi connectivity index (χ2n) is 3.98. The third-order valence-corrected chi connectivity index (χ3v) is 2.93. The molecule has 4 heteroatoms. The largest absolute Gasteiger partial charge is 0.393 e. The van der Waals surface area contributed by atoms with Crippen LogP contribution in [0, 0.1) is 5.82 Å². The quantitative estimate of drug-likeness (QED) is 0.873. The molecule has 0 fully saturated rings. The summed E-state index contributed by atoms with van der Waals surface area (Å²) < 4.78 is 14.3. The number of halogens is 2. The highest BCUT2D eigenvalue weighted by molar-refractivity contribution is 9.10. The Morgan fingerprint density at radius 2 is 2.12 bits per heavy atom. The molecule has 0 aliphatic carbocycles. The van der Waals surface area contributed by atoms with Gasteiger partial charge in [-0.05, 0) is 38.9 Å². The van der Waals surface area contributed by atoms with Gasteiger partial charge in [-0.25, -0.2) is 4.39 Å². The highest BCUT2D eigenvalue weighted by atomic mass is 79.9. The van der Waals surface area contributed by atoms with E-state index in [1.807, 2.05) is 13.0 Å². The van der Waals surface area contributed by atoms with Gasteiger partial charge in [0, 0.05) is 16.1 Å². The van der Waals surface area contributed by atoms with Crippen molar-refractivity contribution in [2.75, 3.05) is 6.54 Å². The van der Waals surface area contributed by atoms with Gasteiger partial charge in [0.25, 0.3) is 0 Å². The lowest BCUT2D eigenvalue weighted by Crippen LogP contribution is -2.23. The van der Waals surface area contributed by atoms with Crippen LogP contribution in [0.1, 0.15) is 31.9 Å². The van der Waals surface area contributed by atoms with Crippen LogP contribution >= 0.6 is 15.9 Å². The minimum absolute atomic E-state index is 0.0492. The number of aliphatic hydroxyl groups is 1. The average Bonchev–Trinajstić information content (AvgIpc) is 2.16. The third kappa shape index (κ3) is 4.20. The van der Waals surface area contributed by atoms with Crippen molar-refractivity contribution in [2.45, 2.75) is 32.4 Å². The fraction of sp³-hybridized carbons (Fsp3) is 0.500. The highest BCUT2D eigenvalue weighted by Gasteiger charge is 2.10. The predicted molar refractivity (Wildman–Crippen MR) is 66.8 cm³/mol. The molecule has 1 aromatic rings. The van der Waals surface area contributed by atoms with E-state index in [1.54, 1.807) is 13.0 Å². The maximum Gasteiger partial charge on any atom is 0.129 e. The predicted octanol–water partition coefficient (Wildman–Crippen LogP) is 3.01. The van der Waals surface area contributed by atoms with E-state index in [2.05, 4.69) is 21.2 Å². The Labute approximate surface area is 104 Å². The van der Waals surface area contributed by atoms with Gasteiger partial charge in [-0.1, -0.05) is 22.0 Å². The molecular formula is C12H17BrFNO. The lowest BCUT2D eigenvalue weighted by atomic mass is 10.1. The zero-order valence-electron chi connectivity index (χ0n) is 9.50. The molecule has 2 atom stereocenters. The molecule has 2 N–H and O–H groups in total. The molecule has 2 nitrogen and oxygen atoms in total. The summed E-state index contributed by atoms with van der Waals surface area (Å²) in [6.45, 7) is 4.33.